The molecule has 6 nitrogen and oxygen atoms in total. The normalized spacial score (nSPS) is 14.2. The van der Waals surface area contributed by atoms with Crippen LogP contribution in [0.15, 0.2) is 36.5 Å². The number of anilines is 2. The van der Waals surface area contributed by atoms with Crippen LogP contribution in [0.1, 0.15) is 5.56 Å². The summed E-state index contributed by atoms with van der Waals surface area (Å²) in [5.41, 5.74) is 1.28. The Bertz CT molecular complexity index is 753. The summed E-state index contributed by atoms with van der Waals surface area (Å²) >= 11 is 5.89. The van der Waals surface area contributed by atoms with Crippen molar-refractivity contribution in [3.05, 3.63) is 52.9 Å². The fourth-order valence-electron chi connectivity index (χ4n) is 2.48. The number of benzene rings is 1. The lowest BCUT2D eigenvalue weighted by Gasteiger charge is -2.28. The minimum atomic E-state index is -0.455. The molecule has 2 amide bonds. The molecule has 1 fully saturated rings. The molecule has 3 rings (SSSR count). The van der Waals surface area contributed by atoms with Gasteiger partial charge >= 0.3 is 6.03 Å². The number of hydrogen-bond acceptors (Lipinski definition) is 4. The van der Waals surface area contributed by atoms with Gasteiger partial charge in [0.15, 0.2) is 0 Å². The van der Waals surface area contributed by atoms with E-state index in [9.17, 15) is 9.18 Å². The topological polar surface area (TPSA) is 66.5 Å². The number of morpholine rings is 1. The molecule has 0 unspecified atom stereocenters. The van der Waals surface area contributed by atoms with Crippen LogP contribution in [0.3, 0.4) is 0 Å². The summed E-state index contributed by atoms with van der Waals surface area (Å²) in [5, 5.41) is 5.49. The van der Waals surface area contributed by atoms with Crippen LogP contribution in [0.2, 0.25) is 5.02 Å². The van der Waals surface area contributed by atoms with Crippen molar-refractivity contribution < 1.29 is 13.9 Å². The molecule has 132 valence electrons. The average molecular weight is 365 g/mol. The number of ether oxygens (including phenoxy) is 1. The number of nitrogens with one attached hydrogen (secondary N) is 2. The van der Waals surface area contributed by atoms with E-state index in [0.717, 1.165) is 30.5 Å². The highest BCUT2D eigenvalue weighted by Gasteiger charge is 2.13. The summed E-state index contributed by atoms with van der Waals surface area (Å²) < 4.78 is 18.4. The first-order valence-electron chi connectivity index (χ1n) is 7.89. The minimum absolute atomic E-state index is 0.147. The van der Waals surface area contributed by atoms with Crippen molar-refractivity contribution in [2.75, 3.05) is 36.5 Å². The Balaban J connectivity index is 1.56. The lowest BCUT2D eigenvalue weighted by Crippen LogP contribution is -2.36. The molecular formula is C17H18ClFN4O2. The Morgan fingerprint density at radius 1 is 1.28 bits per heavy atom. The maximum atomic E-state index is 13.0. The Morgan fingerprint density at radius 2 is 2.08 bits per heavy atom. The van der Waals surface area contributed by atoms with E-state index < -0.39 is 11.8 Å². The van der Waals surface area contributed by atoms with Crippen molar-refractivity contribution >= 4 is 29.1 Å². The quantitative estimate of drug-likeness (QED) is 0.875. The number of rotatable bonds is 4. The molecule has 25 heavy (non-hydrogen) atoms. The second-order valence-corrected chi connectivity index (χ2v) is 5.96. The Kier molecular flexibility index (Phi) is 5.67. The molecule has 0 saturated carbocycles. The standard InChI is InChI=1S/C17H18ClFN4O2/c18-14-10-13(19)1-2-15(14)22-17(24)21-11-12-3-4-20-16(9-12)23-5-7-25-8-6-23/h1-4,9-10H,5-8,11H2,(H2,21,22,24). The molecule has 2 N–H and O–H groups in total. The molecule has 1 aliphatic heterocycles. The van der Waals surface area contributed by atoms with Crippen LogP contribution in [0.25, 0.3) is 0 Å². The highest BCUT2D eigenvalue weighted by Crippen LogP contribution is 2.22. The van der Waals surface area contributed by atoms with E-state index in [1.807, 2.05) is 12.1 Å². The van der Waals surface area contributed by atoms with Crippen LogP contribution in [-0.2, 0) is 11.3 Å². The van der Waals surface area contributed by atoms with Crippen LogP contribution in [0, 0.1) is 5.82 Å². The molecular weight excluding hydrogens is 347 g/mol. The fraction of sp³-hybridized carbons (Fsp3) is 0.294. The summed E-state index contributed by atoms with van der Waals surface area (Å²) in [6.45, 7) is 3.31. The van der Waals surface area contributed by atoms with Gasteiger partial charge in [-0.15, -0.1) is 0 Å². The van der Waals surface area contributed by atoms with E-state index in [4.69, 9.17) is 16.3 Å². The summed E-state index contributed by atoms with van der Waals surface area (Å²) in [7, 11) is 0. The van der Waals surface area contributed by atoms with Gasteiger partial charge in [-0.25, -0.2) is 14.2 Å². The van der Waals surface area contributed by atoms with E-state index in [1.165, 1.54) is 12.1 Å². The molecule has 0 spiro atoms. The highest BCUT2D eigenvalue weighted by molar-refractivity contribution is 6.33. The van der Waals surface area contributed by atoms with Gasteiger partial charge in [-0.1, -0.05) is 11.6 Å². The van der Waals surface area contributed by atoms with E-state index in [1.54, 1.807) is 6.20 Å². The molecule has 2 heterocycles. The number of carbonyl (C=O) groups excluding carboxylic acids is 1. The van der Waals surface area contributed by atoms with Crippen molar-refractivity contribution in [1.29, 1.82) is 0 Å². The SMILES string of the molecule is O=C(NCc1ccnc(N2CCOCC2)c1)Nc1ccc(F)cc1Cl. The summed E-state index contributed by atoms with van der Waals surface area (Å²) in [5.74, 6) is 0.410. The van der Waals surface area contributed by atoms with Gasteiger partial charge in [-0.05, 0) is 35.9 Å². The number of hydrogen-bond donors (Lipinski definition) is 2. The van der Waals surface area contributed by atoms with Crippen molar-refractivity contribution in [2.24, 2.45) is 0 Å². The van der Waals surface area contributed by atoms with Gasteiger partial charge < -0.3 is 20.3 Å². The molecule has 1 aromatic carbocycles. The highest BCUT2D eigenvalue weighted by atomic mass is 35.5. The van der Waals surface area contributed by atoms with Crippen LogP contribution in [-0.4, -0.2) is 37.3 Å². The zero-order valence-corrected chi connectivity index (χ0v) is 14.2. The van der Waals surface area contributed by atoms with Crippen LogP contribution in [0.4, 0.5) is 20.7 Å². The third-order valence-electron chi connectivity index (χ3n) is 3.78. The zero-order chi connectivity index (χ0) is 17.6. The minimum Gasteiger partial charge on any atom is -0.378 e. The predicted octanol–water partition coefficient (Wildman–Crippen LogP) is 3.03. The van der Waals surface area contributed by atoms with E-state index >= 15 is 0 Å². The fourth-order valence-corrected chi connectivity index (χ4v) is 2.69. The maximum absolute atomic E-state index is 13.0. The number of amides is 2. The number of carbonyl (C=O) groups is 1. The predicted molar refractivity (Wildman–Crippen MR) is 94.5 cm³/mol. The van der Waals surface area contributed by atoms with Crippen molar-refractivity contribution in [2.45, 2.75) is 6.54 Å². The van der Waals surface area contributed by atoms with Crippen LogP contribution < -0.4 is 15.5 Å². The third kappa shape index (κ3) is 4.80. The van der Waals surface area contributed by atoms with E-state index in [-0.39, 0.29) is 5.02 Å². The molecule has 0 radical (unpaired) electrons. The largest absolute Gasteiger partial charge is 0.378 e. The van der Waals surface area contributed by atoms with Crippen molar-refractivity contribution in [1.82, 2.24) is 10.3 Å². The number of urea groups is 1. The molecule has 2 aromatic rings. The van der Waals surface area contributed by atoms with E-state index in [0.29, 0.717) is 25.4 Å². The van der Waals surface area contributed by atoms with Crippen LogP contribution >= 0.6 is 11.6 Å². The number of pyridine rings is 1. The zero-order valence-electron chi connectivity index (χ0n) is 13.5. The number of aromatic nitrogens is 1. The number of halogens is 2. The lowest BCUT2D eigenvalue weighted by molar-refractivity contribution is 0.122. The Morgan fingerprint density at radius 3 is 2.84 bits per heavy atom. The molecule has 8 heteroatoms. The van der Waals surface area contributed by atoms with E-state index in [2.05, 4.69) is 20.5 Å². The second-order valence-electron chi connectivity index (χ2n) is 5.55. The van der Waals surface area contributed by atoms with Crippen molar-refractivity contribution in [3.63, 3.8) is 0 Å². The first-order valence-corrected chi connectivity index (χ1v) is 8.27. The number of nitrogens with zero attached hydrogens (tertiary/aromatic N) is 2. The molecule has 0 aliphatic carbocycles. The van der Waals surface area contributed by atoms with Gasteiger partial charge in [0.05, 0.1) is 23.9 Å². The van der Waals surface area contributed by atoms with Gasteiger partial charge in [0, 0.05) is 25.8 Å². The smallest absolute Gasteiger partial charge is 0.319 e. The third-order valence-corrected chi connectivity index (χ3v) is 4.09. The van der Waals surface area contributed by atoms with Crippen LogP contribution in [0.5, 0.6) is 0 Å². The summed E-state index contributed by atoms with van der Waals surface area (Å²) in [6.07, 6.45) is 1.72. The van der Waals surface area contributed by atoms with Gasteiger partial charge in [-0.2, -0.15) is 0 Å². The van der Waals surface area contributed by atoms with Gasteiger partial charge in [-0.3, -0.25) is 0 Å². The monoisotopic (exact) mass is 364 g/mol. The van der Waals surface area contributed by atoms with Gasteiger partial charge in [0.25, 0.3) is 0 Å². The summed E-state index contributed by atoms with van der Waals surface area (Å²) in [4.78, 5) is 18.5. The van der Waals surface area contributed by atoms with Gasteiger partial charge in [0.2, 0.25) is 0 Å². The first-order chi connectivity index (χ1) is 12.1. The second kappa shape index (κ2) is 8.13. The van der Waals surface area contributed by atoms with Crippen molar-refractivity contribution in [3.8, 4) is 0 Å². The Labute approximate surface area is 149 Å². The average Bonchev–Trinajstić information content (AvgIpc) is 2.63. The molecule has 0 atom stereocenters. The molecule has 1 aromatic heterocycles. The maximum Gasteiger partial charge on any atom is 0.319 e. The van der Waals surface area contributed by atoms with Gasteiger partial charge in [0.1, 0.15) is 11.6 Å². The lowest BCUT2D eigenvalue weighted by atomic mass is 10.2. The first kappa shape index (κ1) is 17.4. The molecule has 1 saturated heterocycles. The Hall–Kier alpha value is -2.38. The molecule has 1 aliphatic rings. The molecule has 0 bridgehead atoms. The summed E-state index contributed by atoms with van der Waals surface area (Å²) in [6, 6.07) is 7.16.